The van der Waals surface area contributed by atoms with E-state index in [9.17, 15) is 29.3 Å². The number of rotatable bonds is 10. The Bertz CT molecular complexity index is 1660. The van der Waals surface area contributed by atoms with E-state index in [1.807, 2.05) is 60.7 Å². The zero-order valence-electron chi connectivity index (χ0n) is 23.9. The second-order valence-corrected chi connectivity index (χ2v) is 12.1. The molecule has 230 valence electrons. The van der Waals surface area contributed by atoms with Gasteiger partial charge < -0.3 is 15.0 Å². The number of ether oxygens (including phenoxy) is 1. The number of fused-ring (bicyclic) bond motifs is 1. The smallest absolute Gasteiger partial charge is 0.345 e. The minimum atomic E-state index is -1.60. The summed E-state index contributed by atoms with van der Waals surface area (Å²) in [6.07, 6.45) is 1.64. The van der Waals surface area contributed by atoms with E-state index < -0.39 is 33.2 Å². The topological polar surface area (TPSA) is 155 Å². The van der Waals surface area contributed by atoms with Gasteiger partial charge in [0.1, 0.15) is 18.0 Å². The Morgan fingerprint density at radius 2 is 1.69 bits per heavy atom. The van der Waals surface area contributed by atoms with Crippen molar-refractivity contribution in [1.29, 1.82) is 0 Å². The molecule has 3 atom stereocenters. The van der Waals surface area contributed by atoms with Crippen LogP contribution in [0.25, 0.3) is 0 Å². The van der Waals surface area contributed by atoms with E-state index in [1.54, 1.807) is 6.21 Å². The number of urea groups is 1. The van der Waals surface area contributed by atoms with Gasteiger partial charge in [0.2, 0.25) is 16.7 Å². The highest BCUT2D eigenvalue weighted by Gasteiger charge is 2.66. The minimum absolute atomic E-state index is 0.0867. The van der Waals surface area contributed by atoms with Crippen molar-refractivity contribution in [2.75, 3.05) is 19.6 Å². The van der Waals surface area contributed by atoms with E-state index in [-0.39, 0.29) is 50.2 Å². The lowest BCUT2D eigenvalue weighted by molar-refractivity contribution is -0.384. The quantitative estimate of drug-likeness (QED) is 0.118. The first-order chi connectivity index (χ1) is 21.7. The lowest BCUT2D eigenvalue weighted by atomic mass is 10.0. The van der Waals surface area contributed by atoms with Gasteiger partial charge in [-0.1, -0.05) is 72.4 Å². The maximum Gasteiger partial charge on any atom is 0.345 e. The summed E-state index contributed by atoms with van der Waals surface area (Å²) in [6, 6.07) is 22.5. The van der Waals surface area contributed by atoms with Crippen LogP contribution in [0.5, 0.6) is 0 Å². The number of β-lactam (4-membered cyclic amide) rings is 1. The van der Waals surface area contributed by atoms with Crippen molar-refractivity contribution >= 4 is 47.5 Å². The molecule has 0 spiro atoms. The van der Waals surface area contributed by atoms with Gasteiger partial charge in [-0.15, -0.1) is 0 Å². The molecule has 0 saturated carbocycles. The SMILES string of the molecule is O=C(Cc1ccccc1)N[C@@H]1C(=O)N2C[C@@](C(=O)OCc3ccc([N+](=O)[O-])cc3)(N3CCN(/N=C/c4ccccc4)C3=O)S[C@H]12. The molecule has 0 aliphatic carbocycles. The number of hydrogen-bond donors (Lipinski definition) is 1. The molecule has 0 radical (unpaired) electrons. The summed E-state index contributed by atoms with van der Waals surface area (Å²) >= 11 is 1.09. The van der Waals surface area contributed by atoms with E-state index in [0.717, 1.165) is 22.9 Å². The molecule has 3 heterocycles. The fourth-order valence-corrected chi connectivity index (χ4v) is 7.11. The molecule has 14 heteroatoms. The van der Waals surface area contributed by atoms with Gasteiger partial charge in [0.25, 0.3) is 5.69 Å². The minimum Gasteiger partial charge on any atom is -0.458 e. The Hall–Kier alpha value is -5.24. The molecule has 6 rings (SSSR count). The summed E-state index contributed by atoms with van der Waals surface area (Å²) in [7, 11) is 0. The molecule has 0 unspecified atom stereocenters. The highest BCUT2D eigenvalue weighted by Crippen LogP contribution is 2.50. The number of amides is 4. The summed E-state index contributed by atoms with van der Waals surface area (Å²) in [5.41, 5.74) is 2.00. The Balaban J connectivity index is 1.21. The molecule has 0 aromatic heterocycles. The van der Waals surface area contributed by atoms with Gasteiger partial charge in [0.05, 0.1) is 30.6 Å². The summed E-state index contributed by atoms with van der Waals surface area (Å²) in [6.45, 7) is 0.0144. The van der Waals surface area contributed by atoms with E-state index >= 15 is 0 Å². The van der Waals surface area contributed by atoms with E-state index in [0.29, 0.717) is 5.56 Å². The van der Waals surface area contributed by atoms with E-state index in [4.69, 9.17) is 4.74 Å². The summed E-state index contributed by atoms with van der Waals surface area (Å²) in [5, 5.41) is 18.8. The second kappa shape index (κ2) is 12.4. The molecular formula is C31H28N6O7S. The van der Waals surface area contributed by atoms with Crippen LogP contribution in [-0.4, -0.2) is 85.7 Å². The molecule has 45 heavy (non-hydrogen) atoms. The zero-order chi connectivity index (χ0) is 31.6. The van der Waals surface area contributed by atoms with Crippen LogP contribution in [0.2, 0.25) is 0 Å². The molecule has 1 N–H and O–H groups in total. The number of carbonyl (C=O) groups is 4. The van der Waals surface area contributed by atoms with Crippen LogP contribution in [0.1, 0.15) is 16.7 Å². The Labute approximate surface area is 262 Å². The zero-order valence-corrected chi connectivity index (χ0v) is 24.7. The second-order valence-electron chi connectivity index (χ2n) is 10.7. The van der Waals surface area contributed by atoms with Crippen LogP contribution < -0.4 is 5.32 Å². The normalized spacial score (nSPS) is 22.4. The first-order valence-corrected chi connectivity index (χ1v) is 15.0. The lowest BCUT2D eigenvalue weighted by Crippen LogP contribution is -2.67. The van der Waals surface area contributed by atoms with Crippen LogP contribution in [0, 0.1) is 10.1 Å². The number of hydrogen-bond acceptors (Lipinski definition) is 9. The van der Waals surface area contributed by atoms with Gasteiger partial charge in [0, 0.05) is 18.7 Å². The fourth-order valence-electron chi connectivity index (χ4n) is 5.42. The average Bonchev–Trinajstić information content (AvgIpc) is 3.61. The monoisotopic (exact) mass is 628 g/mol. The van der Waals surface area contributed by atoms with Crippen molar-refractivity contribution in [3.63, 3.8) is 0 Å². The Morgan fingerprint density at radius 1 is 1.00 bits per heavy atom. The average molecular weight is 629 g/mol. The fraction of sp³-hybridized carbons (Fsp3) is 0.258. The van der Waals surface area contributed by atoms with Crippen molar-refractivity contribution in [1.82, 2.24) is 20.1 Å². The molecule has 3 aromatic carbocycles. The van der Waals surface area contributed by atoms with Gasteiger partial charge in [-0.2, -0.15) is 5.10 Å². The van der Waals surface area contributed by atoms with Crippen molar-refractivity contribution in [3.8, 4) is 0 Å². The molecule has 3 aliphatic heterocycles. The Morgan fingerprint density at radius 3 is 2.38 bits per heavy atom. The summed E-state index contributed by atoms with van der Waals surface area (Å²) in [5.74, 6) is -1.44. The van der Waals surface area contributed by atoms with Crippen molar-refractivity contribution < 1.29 is 28.8 Å². The third-order valence-electron chi connectivity index (χ3n) is 7.77. The largest absolute Gasteiger partial charge is 0.458 e. The number of nitro benzene ring substituents is 1. The van der Waals surface area contributed by atoms with Gasteiger partial charge >= 0.3 is 12.0 Å². The number of hydrazone groups is 1. The van der Waals surface area contributed by atoms with Crippen molar-refractivity contribution in [2.45, 2.75) is 29.3 Å². The van der Waals surface area contributed by atoms with Crippen LogP contribution in [0.3, 0.4) is 0 Å². The number of nitro groups is 1. The van der Waals surface area contributed by atoms with Crippen molar-refractivity contribution in [2.24, 2.45) is 5.10 Å². The highest BCUT2D eigenvalue weighted by atomic mass is 32.2. The van der Waals surface area contributed by atoms with Crippen LogP contribution in [0.4, 0.5) is 10.5 Å². The first-order valence-electron chi connectivity index (χ1n) is 14.2. The van der Waals surface area contributed by atoms with Gasteiger partial charge in [-0.3, -0.25) is 24.6 Å². The number of esters is 1. The molecule has 3 aromatic rings. The molecule has 4 amide bonds. The maximum absolute atomic E-state index is 13.9. The standard InChI is InChI=1S/C31H28N6O7S/c38-25(17-21-7-3-1-4-8-21)33-26-27(39)34-20-31(45-28(26)34,29(40)44-19-23-11-13-24(14-12-23)37(42)43)35-15-16-36(30(35)41)32-18-22-9-5-2-6-10-22/h1-14,18,26,28H,15-17,19-20H2,(H,33,38)/b32-18+/t26-,28-,31-/m1/s1. The van der Waals surface area contributed by atoms with Gasteiger partial charge in [0.15, 0.2) is 0 Å². The molecule has 13 nitrogen and oxygen atoms in total. The predicted octanol–water partition coefficient (Wildman–Crippen LogP) is 2.75. The number of carbonyl (C=O) groups excluding carboxylic acids is 4. The van der Waals surface area contributed by atoms with Gasteiger partial charge in [-0.25, -0.2) is 14.6 Å². The number of nitrogens with one attached hydrogen (secondary N) is 1. The highest BCUT2D eigenvalue weighted by molar-refractivity contribution is 8.02. The lowest BCUT2D eigenvalue weighted by Gasteiger charge is -2.41. The molecular weight excluding hydrogens is 600 g/mol. The molecule has 3 fully saturated rings. The summed E-state index contributed by atoms with van der Waals surface area (Å²) in [4.78, 5) is 65.3. The number of nitrogens with zero attached hydrogens (tertiary/aromatic N) is 5. The molecule has 3 saturated heterocycles. The summed E-state index contributed by atoms with van der Waals surface area (Å²) < 4.78 is 5.69. The van der Waals surface area contributed by atoms with Crippen LogP contribution in [0.15, 0.2) is 90.0 Å². The first kappa shape index (κ1) is 29.8. The number of benzene rings is 3. The van der Waals surface area contributed by atoms with E-state index in [1.165, 1.54) is 39.1 Å². The van der Waals surface area contributed by atoms with Crippen molar-refractivity contribution in [3.05, 3.63) is 112 Å². The third-order valence-corrected chi connectivity index (χ3v) is 9.44. The molecule has 3 aliphatic rings. The van der Waals surface area contributed by atoms with Gasteiger partial charge in [-0.05, 0) is 28.8 Å². The maximum atomic E-state index is 13.9. The predicted molar refractivity (Wildman–Crippen MR) is 164 cm³/mol. The Kier molecular flexibility index (Phi) is 8.22. The molecule has 0 bridgehead atoms. The van der Waals surface area contributed by atoms with E-state index in [2.05, 4.69) is 10.4 Å². The number of non-ortho nitro benzene ring substituents is 1. The number of thioether (sulfide) groups is 1. The van der Waals surface area contributed by atoms with Crippen LogP contribution >= 0.6 is 11.8 Å². The van der Waals surface area contributed by atoms with Crippen LogP contribution in [-0.2, 0) is 32.1 Å². The third kappa shape index (κ3) is 5.96.